The molecule has 1 saturated carbocycles. The van der Waals surface area contributed by atoms with E-state index < -0.39 is 0 Å². The Hall–Kier alpha value is -0.570. The van der Waals surface area contributed by atoms with Crippen LogP contribution in [0.4, 0.5) is 0 Å². The molecule has 1 aliphatic carbocycles. The molecule has 0 spiro atoms. The van der Waals surface area contributed by atoms with Gasteiger partial charge in [0.15, 0.2) is 0 Å². The van der Waals surface area contributed by atoms with E-state index in [-0.39, 0.29) is 17.9 Å². The van der Waals surface area contributed by atoms with Crippen LogP contribution in [0.5, 0.6) is 0 Å². The zero-order valence-corrected chi connectivity index (χ0v) is 11.3. The zero-order valence-electron chi connectivity index (χ0n) is 11.3. The van der Waals surface area contributed by atoms with Gasteiger partial charge < -0.3 is 10.4 Å². The molecule has 0 saturated heterocycles. The van der Waals surface area contributed by atoms with Gasteiger partial charge in [0.1, 0.15) is 0 Å². The maximum atomic E-state index is 11.7. The van der Waals surface area contributed by atoms with Crippen LogP contribution in [0.2, 0.25) is 0 Å². The fourth-order valence-electron chi connectivity index (χ4n) is 2.51. The van der Waals surface area contributed by atoms with Gasteiger partial charge >= 0.3 is 0 Å². The molecule has 17 heavy (non-hydrogen) atoms. The topological polar surface area (TPSA) is 49.3 Å². The van der Waals surface area contributed by atoms with Gasteiger partial charge in [-0.25, -0.2) is 0 Å². The summed E-state index contributed by atoms with van der Waals surface area (Å²) in [6, 6.07) is 0. The van der Waals surface area contributed by atoms with Crippen LogP contribution in [0.1, 0.15) is 58.8 Å². The third-order valence-corrected chi connectivity index (χ3v) is 4.14. The number of carbonyl (C=O) groups is 1. The molecule has 0 aromatic carbocycles. The average molecular weight is 241 g/mol. The zero-order chi connectivity index (χ0) is 12.7. The molecule has 1 unspecified atom stereocenters. The highest BCUT2D eigenvalue weighted by Crippen LogP contribution is 2.35. The van der Waals surface area contributed by atoms with Crippen molar-refractivity contribution in [2.24, 2.45) is 11.3 Å². The summed E-state index contributed by atoms with van der Waals surface area (Å²) in [6.45, 7) is 5.06. The molecule has 0 bridgehead atoms. The Kier molecular flexibility index (Phi) is 5.96. The van der Waals surface area contributed by atoms with Crippen molar-refractivity contribution < 1.29 is 9.90 Å². The maximum absolute atomic E-state index is 11.7. The Labute approximate surface area is 105 Å². The van der Waals surface area contributed by atoms with Crippen molar-refractivity contribution in [3.8, 4) is 0 Å². The molecule has 3 heteroatoms. The number of amides is 1. The van der Waals surface area contributed by atoms with E-state index in [4.69, 9.17) is 0 Å². The van der Waals surface area contributed by atoms with Crippen molar-refractivity contribution in [3.05, 3.63) is 0 Å². The summed E-state index contributed by atoms with van der Waals surface area (Å²) in [5, 5.41) is 12.5. The van der Waals surface area contributed by atoms with Gasteiger partial charge in [-0.3, -0.25) is 4.79 Å². The van der Waals surface area contributed by atoms with E-state index in [1.54, 1.807) is 0 Å². The molecule has 2 N–H and O–H groups in total. The Balaban J connectivity index is 2.34. The molecule has 0 aromatic rings. The molecule has 1 atom stereocenters. The summed E-state index contributed by atoms with van der Waals surface area (Å²) in [5.74, 6) is 0.587. The molecule has 0 aromatic heterocycles. The van der Waals surface area contributed by atoms with Crippen molar-refractivity contribution >= 4 is 5.91 Å². The first kappa shape index (κ1) is 14.5. The minimum Gasteiger partial charge on any atom is -0.396 e. The van der Waals surface area contributed by atoms with Crippen LogP contribution in [-0.4, -0.2) is 24.2 Å². The second-order valence-corrected chi connectivity index (χ2v) is 5.71. The van der Waals surface area contributed by atoms with Gasteiger partial charge in [0.05, 0.1) is 6.61 Å². The van der Waals surface area contributed by atoms with Gasteiger partial charge in [0.25, 0.3) is 0 Å². The lowest BCUT2D eigenvalue weighted by Crippen LogP contribution is -2.41. The van der Waals surface area contributed by atoms with E-state index in [9.17, 15) is 9.90 Å². The predicted molar refractivity (Wildman–Crippen MR) is 69.7 cm³/mol. The van der Waals surface area contributed by atoms with Crippen LogP contribution in [0.15, 0.2) is 0 Å². The molecular weight excluding hydrogens is 214 g/mol. The lowest BCUT2D eigenvalue weighted by Gasteiger charge is -2.35. The summed E-state index contributed by atoms with van der Waals surface area (Å²) in [4.78, 5) is 11.7. The first-order chi connectivity index (χ1) is 8.12. The number of aliphatic hydroxyl groups excluding tert-OH is 1. The minimum atomic E-state index is -0.0383. The molecule has 1 rings (SSSR count). The largest absolute Gasteiger partial charge is 0.396 e. The number of nitrogens with one attached hydrogen (secondary N) is 1. The quantitative estimate of drug-likeness (QED) is 0.750. The van der Waals surface area contributed by atoms with Gasteiger partial charge in [0, 0.05) is 18.4 Å². The number of aliphatic hydroxyl groups is 1. The number of carbonyl (C=O) groups excluding carboxylic acids is 1. The number of hydrogen-bond donors (Lipinski definition) is 2. The van der Waals surface area contributed by atoms with Gasteiger partial charge in [-0.1, -0.05) is 39.5 Å². The van der Waals surface area contributed by atoms with Crippen LogP contribution in [0.3, 0.4) is 0 Å². The lowest BCUT2D eigenvalue weighted by molar-refractivity contribution is -0.122. The summed E-state index contributed by atoms with van der Waals surface area (Å²) in [5.41, 5.74) is -0.0383. The smallest absolute Gasteiger partial charge is 0.220 e. The monoisotopic (exact) mass is 241 g/mol. The van der Waals surface area contributed by atoms with Crippen molar-refractivity contribution in [2.75, 3.05) is 13.2 Å². The number of hydrogen-bond acceptors (Lipinski definition) is 2. The maximum Gasteiger partial charge on any atom is 0.220 e. The fraction of sp³-hybridized carbons (Fsp3) is 0.929. The van der Waals surface area contributed by atoms with E-state index >= 15 is 0 Å². The third kappa shape index (κ3) is 4.66. The second-order valence-electron chi connectivity index (χ2n) is 5.71. The summed E-state index contributed by atoms with van der Waals surface area (Å²) in [7, 11) is 0. The van der Waals surface area contributed by atoms with Crippen LogP contribution < -0.4 is 5.32 Å². The Morgan fingerprint density at radius 2 is 2.00 bits per heavy atom. The first-order valence-corrected chi connectivity index (χ1v) is 6.99. The molecular formula is C14H27NO2. The van der Waals surface area contributed by atoms with E-state index in [2.05, 4.69) is 19.2 Å². The highest BCUT2D eigenvalue weighted by molar-refractivity contribution is 5.76. The highest BCUT2D eigenvalue weighted by Gasteiger charge is 2.31. The lowest BCUT2D eigenvalue weighted by atomic mass is 9.74. The molecule has 1 fully saturated rings. The van der Waals surface area contributed by atoms with Gasteiger partial charge in [-0.15, -0.1) is 0 Å². The molecule has 100 valence electrons. The molecule has 1 aliphatic rings. The molecule has 0 heterocycles. The second kappa shape index (κ2) is 7.00. The Morgan fingerprint density at radius 1 is 1.35 bits per heavy atom. The molecule has 0 aliphatic heterocycles. The molecule has 0 radical (unpaired) electrons. The normalized spacial score (nSPS) is 20.9. The van der Waals surface area contributed by atoms with Crippen LogP contribution in [-0.2, 0) is 4.79 Å². The molecule has 3 nitrogen and oxygen atoms in total. The molecule has 1 amide bonds. The number of rotatable bonds is 6. The fourth-order valence-corrected chi connectivity index (χ4v) is 2.51. The van der Waals surface area contributed by atoms with Crippen molar-refractivity contribution in [1.29, 1.82) is 0 Å². The van der Waals surface area contributed by atoms with E-state index in [1.165, 1.54) is 19.3 Å². The first-order valence-electron chi connectivity index (χ1n) is 6.99. The van der Waals surface area contributed by atoms with E-state index in [1.807, 2.05) is 0 Å². The third-order valence-electron chi connectivity index (χ3n) is 4.14. The van der Waals surface area contributed by atoms with Crippen LogP contribution >= 0.6 is 0 Å². The minimum absolute atomic E-state index is 0.0383. The SMILES string of the molecule is CCC(C)CC(=O)NCC1(CO)CCCCC1. The summed E-state index contributed by atoms with van der Waals surface area (Å²) < 4.78 is 0. The highest BCUT2D eigenvalue weighted by atomic mass is 16.3. The van der Waals surface area contributed by atoms with E-state index in [0.29, 0.717) is 18.9 Å². The Bertz CT molecular complexity index is 234. The van der Waals surface area contributed by atoms with E-state index in [0.717, 1.165) is 19.3 Å². The van der Waals surface area contributed by atoms with Crippen molar-refractivity contribution in [1.82, 2.24) is 5.32 Å². The van der Waals surface area contributed by atoms with Crippen molar-refractivity contribution in [2.45, 2.75) is 58.8 Å². The standard InChI is InChI=1S/C14H27NO2/c1-3-12(2)9-13(17)15-10-14(11-16)7-5-4-6-8-14/h12,16H,3-11H2,1-2H3,(H,15,17). The predicted octanol–water partition coefficient (Wildman–Crippen LogP) is 2.48. The summed E-state index contributed by atoms with van der Waals surface area (Å²) >= 11 is 0. The van der Waals surface area contributed by atoms with Gasteiger partial charge in [0.2, 0.25) is 5.91 Å². The van der Waals surface area contributed by atoms with Gasteiger partial charge in [-0.2, -0.15) is 0 Å². The van der Waals surface area contributed by atoms with Crippen molar-refractivity contribution in [3.63, 3.8) is 0 Å². The van der Waals surface area contributed by atoms with Crippen LogP contribution in [0, 0.1) is 11.3 Å². The average Bonchev–Trinajstić information content (AvgIpc) is 2.37. The summed E-state index contributed by atoms with van der Waals surface area (Å²) in [6.07, 6.45) is 7.38. The van der Waals surface area contributed by atoms with Gasteiger partial charge in [-0.05, 0) is 18.8 Å². The Morgan fingerprint density at radius 3 is 2.53 bits per heavy atom. The van der Waals surface area contributed by atoms with Crippen LogP contribution in [0.25, 0.3) is 0 Å².